The number of ether oxygens (including phenoxy) is 1. The summed E-state index contributed by atoms with van der Waals surface area (Å²) in [5, 5.41) is 0. The zero-order valence-corrected chi connectivity index (χ0v) is 11.7. The van der Waals surface area contributed by atoms with Gasteiger partial charge in [-0.1, -0.05) is 0 Å². The fourth-order valence-electron chi connectivity index (χ4n) is 2.44. The van der Waals surface area contributed by atoms with Crippen LogP contribution in [0.2, 0.25) is 0 Å². The van der Waals surface area contributed by atoms with E-state index in [4.69, 9.17) is 10.5 Å². The second-order valence-corrected chi connectivity index (χ2v) is 5.29. The van der Waals surface area contributed by atoms with Gasteiger partial charge in [-0.15, -0.1) is 0 Å². The lowest BCUT2D eigenvalue weighted by molar-refractivity contribution is -0.141. The van der Waals surface area contributed by atoms with Crippen LogP contribution in [0.25, 0.3) is 0 Å². The number of alkyl halides is 3. The highest BCUT2D eigenvalue weighted by Crippen LogP contribution is 2.35. The smallest absolute Gasteiger partial charge is 0.433 e. The summed E-state index contributed by atoms with van der Waals surface area (Å²) in [6, 6.07) is 0.819. The summed E-state index contributed by atoms with van der Waals surface area (Å²) in [5.74, 6) is 0. The monoisotopic (exact) mass is 317 g/mol. The van der Waals surface area contributed by atoms with Crippen molar-refractivity contribution in [1.82, 2.24) is 4.98 Å². The van der Waals surface area contributed by atoms with Gasteiger partial charge in [0.25, 0.3) is 0 Å². The lowest BCUT2D eigenvalue weighted by Gasteiger charge is -2.25. The lowest BCUT2D eigenvalue weighted by Crippen LogP contribution is -2.37. The van der Waals surface area contributed by atoms with Crippen LogP contribution in [0, 0.1) is 0 Å². The number of carbonyl (C=O) groups is 2. The molecular formula is C13H14F3N3O3. The summed E-state index contributed by atoms with van der Waals surface area (Å²) in [7, 11) is 0. The van der Waals surface area contributed by atoms with E-state index < -0.39 is 23.6 Å². The van der Waals surface area contributed by atoms with Crippen molar-refractivity contribution in [2.45, 2.75) is 25.1 Å². The third-order valence-electron chi connectivity index (χ3n) is 3.45. The summed E-state index contributed by atoms with van der Waals surface area (Å²) in [4.78, 5) is 26.7. The molecule has 1 aromatic rings. The normalized spacial score (nSPS) is 21.7. The number of primary amides is 1. The minimum atomic E-state index is -4.61. The first kappa shape index (κ1) is 16.1. The van der Waals surface area contributed by atoms with Crippen LogP contribution < -0.4 is 10.6 Å². The first-order chi connectivity index (χ1) is 10.1. The van der Waals surface area contributed by atoms with Crippen LogP contribution in [-0.2, 0) is 10.9 Å². The van der Waals surface area contributed by atoms with Crippen molar-refractivity contribution in [3.63, 3.8) is 0 Å². The molecule has 6 nitrogen and oxygen atoms in total. The van der Waals surface area contributed by atoms with Crippen molar-refractivity contribution in [2.24, 2.45) is 5.73 Å². The first-order valence-corrected chi connectivity index (χ1v) is 6.40. The molecule has 9 heteroatoms. The molecule has 1 amide bonds. The number of hydrogen-bond donors (Lipinski definition) is 1. The molecule has 1 fully saturated rings. The van der Waals surface area contributed by atoms with Gasteiger partial charge in [0, 0.05) is 19.2 Å². The molecule has 0 bridgehead atoms. The standard InChI is InChI=1S/C13H14F3N3O3/c1-12(22-11(17)21)2-3-19(7-12)9-4-10(13(14,15)16)18-5-8(9)6-20/h4-6H,2-3,7H2,1H3,(H2,17,21)/t12-/m0/s1. The molecule has 0 radical (unpaired) electrons. The molecule has 1 aromatic heterocycles. The number of amides is 1. The van der Waals surface area contributed by atoms with E-state index in [0.29, 0.717) is 19.3 Å². The largest absolute Gasteiger partial charge is 0.441 e. The molecule has 0 aromatic carbocycles. The van der Waals surface area contributed by atoms with E-state index in [-0.39, 0.29) is 17.8 Å². The average molecular weight is 317 g/mol. The number of nitrogens with two attached hydrogens (primary N) is 1. The van der Waals surface area contributed by atoms with E-state index in [9.17, 15) is 22.8 Å². The average Bonchev–Trinajstić information content (AvgIpc) is 2.78. The molecule has 0 aliphatic carbocycles. The van der Waals surface area contributed by atoms with Gasteiger partial charge >= 0.3 is 12.3 Å². The molecule has 0 spiro atoms. The molecule has 2 N–H and O–H groups in total. The number of aromatic nitrogens is 1. The van der Waals surface area contributed by atoms with Crippen LogP contribution >= 0.6 is 0 Å². The fraction of sp³-hybridized carbons (Fsp3) is 0.462. The summed E-state index contributed by atoms with van der Waals surface area (Å²) < 4.78 is 43.3. The third-order valence-corrected chi connectivity index (χ3v) is 3.45. The van der Waals surface area contributed by atoms with Gasteiger partial charge in [-0.2, -0.15) is 13.2 Å². The maximum atomic E-state index is 12.8. The van der Waals surface area contributed by atoms with Crippen molar-refractivity contribution in [3.8, 4) is 0 Å². The summed E-state index contributed by atoms with van der Waals surface area (Å²) in [6.07, 6.45) is -3.85. The van der Waals surface area contributed by atoms with Gasteiger partial charge in [0.2, 0.25) is 0 Å². The maximum Gasteiger partial charge on any atom is 0.433 e. The number of carbonyl (C=O) groups excluding carboxylic acids is 2. The van der Waals surface area contributed by atoms with Crippen LogP contribution in [0.15, 0.2) is 12.3 Å². The van der Waals surface area contributed by atoms with E-state index in [1.54, 1.807) is 11.8 Å². The van der Waals surface area contributed by atoms with E-state index in [1.807, 2.05) is 0 Å². The Morgan fingerprint density at radius 3 is 2.77 bits per heavy atom. The van der Waals surface area contributed by atoms with E-state index in [1.165, 1.54) is 0 Å². The molecule has 22 heavy (non-hydrogen) atoms. The van der Waals surface area contributed by atoms with Crippen molar-refractivity contribution < 1.29 is 27.5 Å². The van der Waals surface area contributed by atoms with E-state index in [0.717, 1.165) is 12.3 Å². The van der Waals surface area contributed by atoms with Gasteiger partial charge in [0.15, 0.2) is 6.29 Å². The Balaban J connectivity index is 2.32. The Bertz CT molecular complexity index is 606. The number of anilines is 1. The molecule has 1 atom stereocenters. The van der Waals surface area contributed by atoms with E-state index in [2.05, 4.69) is 4.98 Å². The number of hydrogen-bond acceptors (Lipinski definition) is 5. The molecular weight excluding hydrogens is 303 g/mol. The molecule has 120 valence electrons. The van der Waals surface area contributed by atoms with Gasteiger partial charge in [-0.05, 0) is 13.0 Å². The molecule has 2 heterocycles. The second-order valence-electron chi connectivity index (χ2n) is 5.29. The van der Waals surface area contributed by atoms with Crippen LogP contribution in [0.1, 0.15) is 29.4 Å². The van der Waals surface area contributed by atoms with Crippen LogP contribution in [0.3, 0.4) is 0 Å². The fourth-order valence-corrected chi connectivity index (χ4v) is 2.44. The minimum Gasteiger partial charge on any atom is -0.441 e. The summed E-state index contributed by atoms with van der Waals surface area (Å²) in [5.41, 5.74) is 3.13. The zero-order chi connectivity index (χ0) is 16.5. The molecule has 0 unspecified atom stereocenters. The highest BCUT2D eigenvalue weighted by molar-refractivity contribution is 5.84. The Kier molecular flexibility index (Phi) is 3.99. The lowest BCUT2D eigenvalue weighted by atomic mass is 10.1. The van der Waals surface area contributed by atoms with E-state index >= 15 is 0 Å². The van der Waals surface area contributed by atoms with Gasteiger partial charge in [0.05, 0.1) is 17.8 Å². The quantitative estimate of drug-likeness (QED) is 0.862. The van der Waals surface area contributed by atoms with Crippen molar-refractivity contribution in [2.75, 3.05) is 18.0 Å². The predicted molar refractivity (Wildman–Crippen MR) is 70.5 cm³/mol. The first-order valence-electron chi connectivity index (χ1n) is 6.40. The number of pyridine rings is 1. The zero-order valence-electron chi connectivity index (χ0n) is 11.7. The second kappa shape index (κ2) is 5.47. The highest BCUT2D eigenvalue weighted by Gasteiger charge is 2.39. The number of rotatable bonds is 3. The Morgan fingerprint density at radius 1 is 1.55 bits per heavy atom. The SMILES string of the molecule is C[C@]1(OC(N)=O)CCN(c2cc(C(F)(F)F)ncc2C=O)C1. The van der Waals surface area contributed by atoms with Gasteiger partial charge in [-0.3, -0.25) is 9.78 Å². The van der Waals surface area contributed by atoms with Gasteiger partial charge in [-0.25, -0.2) is 4.79 Å². The number of aldehydes is 1. The van der Waals surface area contributed by atoms with Crippen LogP contribution in [-0.4, -0.2) is 36.1 Å². The van der Waals surface area contributed by atoms with Crippen molar-refractivity contribution in [3.05, 3.63) is 23.5 Å². The summed E-state index contributed by atoms with van der Waals surface area (Å²) in [6.45, 7) is 2.09. The summed E-state index contributed by atoms with van der Waals surface area (Å²) >= 11 is 0. The molecule has 2 rings (SSSR count). The maximum absolute atomic E-state index is 12.8. The Hall–Kier alpha value is -2.32. The molecule has 0 saturated carbocycles. The number of nitrogens with zero attached hydrogens (tertiary/aromatic N) is 2. The molecule has 1 aliphatic rings. The Labute approximate surface area is 124 Å². The van der Waals surface area contributed by atoms with Gasteiger partial charge < -0.3 is 15.4 Å². The molecule has 1 aliphatic heterocycles. The van der Waals surface area contributed by atoms with Crippen molar-refractivity contribution in [1.29, 1.82) is 0 Å². The Morgan fingerprint density at radius 2 is 2.23 bits per heavy atom. The van der Waals surface area contributed by atoms with Crippen LogP contribution in [0.5, 0.6) is 0 Å². The van der Waals surface area contributed by atoms with Crippen LogP contribution in [0.4, 0.5) is 23.7 Å². The predicted octanol–water partition coefficient (Wildman–Crippen LogP) is 1.98. The minimum absolute atomic E-state index is 0.0383. The van der Waals surface area contributed by atoms with Crippen molar-refractivity contribution >= 4 is 18.1 Å². The topological polar surface area (TPSA) is 85.5 Å². The third kappa shape index (κ3) is 3.29. The van der Waals surface area contributed by atoms with Gasteiger partial charge in [0.1, 0.15) is 11.3 Å². The number of halogens is 3. The molecule has 1 saturated heterocycles. The highest BCUT2D eigenvalue weighted by atomic mass is 19.4.